The summed E-state index contributed by atoms with van der Waals surface area (Å²) in [5.41, 5.74) is 1.26. The van der Waals surface area contributed by atoms with Crippen LogP contribution >= 0.6 is 11.6 Å². The lowest BCUT2D eigenvalue weighted by Crippen LogP contribution is -2.33. The molecule has 7 nitrogen and oxygen atoms in total. The fourth-order valence-corrected chi connectivity index (χ4v) is 3.15. The van der Waals surface area contributed by atoms with Crippen LogP contribution in [0.15, 0.2) is 28.8 Å². The lowest BCUT2D eigenvalue weighted by Gasteiger charge is -2.22. The molecule has 1 aromatic heterocycles. The lowest BCUT2D eigenvalue weighted by atomic mass is 10.2. The molecule has 0 aliphatic rings. The summed E-state index contributed by atoms with van der Waals surface area (Å²) < 4.78 is 30.1. The minimum Gasteiger partial charge on any atom is -0.360 e. The van der Waals surface area contributed by atoms with Crippen LogP contribution in [0.1, 0.15) is 17.7 Å². The predicted molar refractivity (Wildman–Crippen MR) is 92.9 cm³/mol. The summed E-state index contributed by atoms with van der Waals surface area (Å²) in [6, 6.07) is 6.53. The van der Waals surface area contributed by atoms with Crippen LogP contribution in [-0.4, -0.2) is 32.3 Å². The number of carbonyl (C=O) groups excluding carboxylic acids is 1. The second-order valence-corrected chi connectivity index (χ2v) is 7.70. The molecule has 1 amide bonds. The Hall–Kier alpha value is -2.06. The molecular formula is C15H18ClN3O4S. The molecule has 0 saturated heterocycles. The van der Waals surface area contributed by atoms with Crippen LogP contribution in [0.4, 0.5) is 11.5 Å². The van der Waals surface area contributed by atoms with Crippen molar-refractivity contribution in [2.24, 2.45) is 0 Å². The summed E-state index contributed by atoms with van der Waals surface area (Å²) in [4.78, 5) is 12.0. The normalized spacial score (nSPS) is 11.3. The summed E-state index contributed by atoms with van der Waals surface area (Å²) in [6.45, 7) is 3.51. The molecule has 0 radical (unpaired) electrons. The van der Waals surface area contributed by atoms with Gasteiger partial charge in [-0.15, -0.1) is 0 Å². The Morgan fingerprint density at radius 1 is 1.33 bits per heavy atom. The number of anilines is 2. The molecule has 0 unspecified atom stereocenters. The van der Waals surface area contributed by atoms with Gasteiger partial charge >= 0.3 is 0 Å². The molecule has 130 valence electrons. The van der Waals surface area contributed by atoms with Gasteiger partial charge < -0.3 is 9.84 Å². The maximum absolute atomic E-state index is 12.0. The van der Waals surface area contributed by atoms with Crippen LogP contribution in [0.2, 0.25) is 5.02 Å². The maximum atomic E-state index is 12.0. The first-order valence-corrected chi connectivity index (χ1v) is 9.36. The average molecular weight is 372 g/mol. The zero-order chi connectivity index (χ0) is 17.9. The topological polar surface area (TPSA) is 92.5 Å². The first-order valence-electron chi connectivity index (χ1n) is 7.14. The van der Waals surface area contributed by atoms with Crippen molar-refractivity contribution in [1.82, 2.24) is 5.16 Å². The first kappa shape index (κ1) is 18.3. The van der Waals surface area contributed by atoms with Crippen molar-refractivity contribution >= 4 is 39.0 Å². The SMILES string of the molecule is Cc1cc(NC(=O)CCN(c2ccc(C)c(Cl)c2)S(C)(=O)=O)no1. The van der Waals surface area contributed by atoms with E-state index in [1.807, 2.05) is 6.92 Å². The molecule has 0 aliphatic carbocycles. The number of aromatic nitrogens is 1. The molecule has 1 N–H and O–H groups in total. The number of hydrogen-bond donors (Lipinski definition) is 1. The Balaban J connectivity index is 2.09. The average Bonchev–Trinajstić information content (AvgIpc) is 2.86. The van der Waals surface area contributed by atoms with Gasteiger partial charge in [-0.1, -0.05) is 22.8 Å². The van der Waals surface area contributed by atoms with Gasteiger partial charge in [0.25, 0.3) is 0 Å². The zero-order valence-corrected chi connectivity index (χ0v) is 15.1. The Kier molecular flexibility index (Phi) is 5.51. The number of rotatable bonds is 6. The molecule has 9 heteroatoms. The van der Waals surface area contributed by atoms with E-state index in [1.54, 1.807) is 31.2 Å². The summed E-state index contributed by atoms with van der Waals surface area (Å²) >= 11 is 6.06. The van der Waals surface area contributed by atoms with E-state index in [9.17, 15) is 13.2 Å². The molecule has 2 rings (SSSR count). The van der Waals surface area contributed by atoms with Crippen molar-refractivity contribution in [3.63, 3.8) is 0 Å². The highest BCUT2D eigenvalue weighted by Crippen LogP contribution is 2.25. The summed E-state index contributed by atoms with van der Waals surface area (Å²) in [7, 11) is -3.55. The first-order chi connectivity index (χ1) is 11.2. The smallest absolute Gasteiger partial charge is 0.232 e. The van der Waals surface area contributed by atoms with Crippen LogP contribution in [0, 0.1) is 13.8 Å². The molecule has 0 saturated carbocycles. The number of sulfonamides is 1. The van der Waals surface area contributed by atoms with E-state index in [4.69, 9.17) is 16.1 Å². The van der Waals surface area contributed by atoms with Crippen molar-refractivity contribution in [3.8, 4) is 0 Å². The molecule has 0 atom stereocenters. The van der Waals surface area contributed by atoms with E-state index in [2.05, 4.69) is 10.5 Å². The van der Waals surface area contributed by atoms with Gasteiger partial charge in [0.1, 0.15) is 5.76 Å². The third kappa shape index (κ3) is 4.72. The van der Waals surface area contributed by atoms with Crippen LogP contribution < -0.4 is 9.62 Å². The molecular weight excluding hydrogens is 354 g/mol. The van der Waals surface area contributed by atoms with Gasteiger partial charge in [-0.25, -0.2) is 8.42 Å². The van der Waals surface area contributed by atoms with Crippen molar-refractivity contribution in [3.05, 3.63) is 40.6 Å². The van der Waals surface area contributed by atoms with Gasteiger partial charge in [0.2, 0.25) is 15.9 Å². The van der Waals surface area contributed by atoms with Gasteiger partial charge in [0.05, 0.1) is 11.9 Å². The van der Waals surface area contributed by atoms with Crippen LogP contribution in [0.5, 0.6) is 0 Å². The summed E-state index contributed by atoms with van der Waals surface area (Å²) in [5, 5.41) is 6.67. The van der Waals surface area contributed by atoms with E-state index < -0.39 is 10.0 Å². The van der Waals surface area contributed by atoms with Crippen molar-refractivity contribution in [2.75, 3.05) is 22.4 Å². The van der Waals surface area contributed by atoms with E-state index in [0.29, 0.717) is 22.3 Å². The predicted octanol–water partition coefficient (Wildman–Crippen LogP) is 2.74. The molecule has 1 heterocycles. The molecule has 1 aromatic carbocycles. The number of nitrogens with zero attached hydrogens (tertiary/aromatic N) is 2. The van der Waals surface area contributed by atoms with Gasteiger partial charge in [-0.05, 0) is 31.5 Å². The maximum Gasteiger partial charge on any atom is 0.232 e. The Morgan fingerprint density at radius 2 is 2.04 bits per heavy atom. The number of amides is 1. The molecule has 0 spiro atoms. The third-order valence-corrected chi connectivity index (χ3v) is 4.88. The van der Waals surface area contributed by atoms with Crippen LogP contribution in [-0.2, 0) is 14.8 Å². The Morgan fingerprint density at radius 3 is 2.58 bits per heavy atom. The highest BCUT2D eigenvalue weighted by molar-refractivity contribution is 7.92. The van der Waals surface area contributed by atoms with Gasteiger partial charge in [-0.3, -0.25) is 9.10 Å². The van der Waals surface area contributed by atoms with Gasteiger partial charge in [0.15, 0.2) is 5.82 Å². The minimum atomic E-state index is -3.55. The van der Waals surface area contributed by atoms with E-state index in [0.717, 1.165) is 16.1 Å². The van der Waals surface area contributed by atoms with Crippen molar-refractivity contribution in [1.29, 1.82) is 0 Å². The third-order valence-electron chi connectivity index (χ3n) is 3.28. The van der Waals surface area contributed by atoms with Crippen molar-refractivity contribution in [2.45, 2.75) is 20.3 Å². The zero-order valence-electron chi connectivity index (χ0n) is 13.5. The van der Waals surface area contributed by atoms with E-state index in [-0.39, 0.29) is 18.9 Å². The van der Waals surface area contributed by atoms with E-state index in [1.165, 1.54) is 0 Å². The Bertz CT molecular complexity index is 848. The number of halogens is 1. The number of nitrogens with one attached hydrogen (secondary N) is 1. The number of benzene rings is 1. The standard InChI is InChI=1S/C15H18ClN3O4S/c1-10-4-5-12(9-13(10)16)19(24(3,21)22)7-6-15(20)17-14-8-11(2)23-18-14/h4-5,8-9H,6-7H2,1-3H3,(H,17,18,20). The molecule has 2 aromatic rings. The minimum absolute atomic E-state index is 0.0130. The largest absolute Gasteiger partial charge is 0.360 e. The van der Waals surface area contributed by atoms with E-state index >= 15 is 0 Å². The molecule has 0 bridgehead atoms. The van der Waals surface area contributed by atoms with Gasteiger partial charge in [-0.2, -0.15) is 0 Å². The second kappa shape index (κ2) is 7.23. The van der Waals surface area contributed by atoms with Gasteiger partial charge in [0, 0.05) is 24.1 Å². The van der Waals surface area contributed by atoms with Crippen LogP contribution in [0.3, 0.4) is 0 Å². The number of aryl methyl sites for hydroxylation is 2. The highest BCUT2D eigenvalue weighted by atomic mass is 35.5. The highest BCUT2D eigenvalue weighted by Gasteiger charge is 2.19. The quantitative estimate of drug-likeness (QED) is 0.842. The molecule has 0 aliphatic heterocycles. The fraction of sp³-hybridized carbons (Fsp3) is 0.333. The lowest BCUT2D eigenvalue weighted by molar-refractivity contribution is -0.116. The summed E-state index contributed by atoms with van der Waals surface area (Å²) in [6.07, 6.45) is 1.05. The number of carbonyl (C=O) groups is 1. The fourth-order valence-electron chi connectivity index (χ4n) is 2.06. The Labute approximate surface area is 145 Å². The van der Waals surface area contributed by atoms with Crippen molar-refractivity contribution < 1.29 is 17.7 Å². The number of hydrogen-bond acceptors (Lipinski definition) is 5. The molecule has 0 fully saturated rings. The van der Waals surface area contributed by atoms with Crippen LogP contribution in [0.25, 0.3) is 0 Å². The second-order valence-electron chi connectivity index (χ2n) is 5.39. The molecule has 24 heavy (non-hydrogen) atoms. The monoisotopic (exact) mass is 371 g/mol. The summed E-state index contributed by atoms with van der Waals surface area (Å²) in [5.74, 6) is 0.495.